The van der Waals surface area contributed by atoms with Crippen molar-refractivity contribution in [2.75, 3.05) is 12.4 Å². The molecule has 1 N–H and O–H groups in total. The Balaban J connectivity index is 1.57. The number of nitrogens with one attached hydrogen (secondary N) is 1. The highest BCUT2D eigenvalue weighted by molar-refractivity contribution is 7.22. The number of aromatic nitrogens is 2. The third-order valence-corrected chi connectivity index (χ3v) is 5.48. The second kappa shape index (κ2) is 7.84. The molecule has 29 heavy (non-hydrogen) atoms. The molecule has 1 amide bonds. The van der Waals surface area contributed by atoms with E-state index in [1.165, 1.54) is 46.5 Å². The lowest BCUT2D eigenvalue weighted by Crippen LogP contribution is -2.27. The van der Waals surface area contributed by atoms with Gasteiger partial charge < -0.3 is 10.1 Å². The monoisotopic (exact) mass is 409 g/mol. The van der Waals surface area contributed by atoms with Gasteiger partial charge in [-0.05, 0) is 60.2 Å². The molecule has 0 aliphatic rings. The highest BCUT2D eigenvalue weighted by Gasteiger charge is 2.13. The summed E-state index contributed by atoms with van der Waals surface area (Å²) in [6, 6.07) is 14.8. The Morgan fingerprint density at radius 3 is 2.59 bits per heavy atom. The number of anilines is 1. The van der Waals surface area contributed by atoms with Gasteiger partial charge in [-0.3, -0.25) is 14.2 Å². The van der Waals surface area contributed by atoms with Gasteiger partial charge >= 0.3 is 0 Å². The second-order valence-electron chi connectivity index (χ2n) is 6.29. The molecule has 0 saturated carbocycles. The first-order valence-electron chi connectivity index (χ1n) is 8.72. The first kappa shape index (κ1) is 18.8. The Labute approximate surface area is 169 Å². The number of methoxy groups -OCH3 is 1. The minimum atomic E-state index is -0.396. The summed E-state index contributed by atoms with van der Waals surface area (Å²) in [5.41, 5.74) is 1.71. The Kier molecular flexibility index (Phi) is 5.09. The lowest BCUT2D eigenvalue weighted by molar-refractivity contribution is -0.116. The number of hydrogen-bond donors (Lipinski definition) is 1. The van der Waals surface area contributed by atoms with Crippen LogP contribution in [0.3, 0.4) is 0 Å². The minimum Gasteiger partial charge on any atom is -0.497 e. The molecule has 4 aromatic rings. The molecule has 0 atom stereocenters. The molecule has 146 valence electrons. The van der Waals surface area contributed by atoms with Crippen LogP contribution in [0.1, 0.15) is 0 Å². The largest absolute Gasteiger partial charge is 0.497 e. The van der Waals surface area contributed by atoms with Crippen LogP contribution in [0.4, 0.5) is 10.1 Å². The molecular weight excluding hydrogens is 393 g/mol. The zero-order valence-corrected chi connectivity index (χ0v) is 16.2. The summed E-state index contributed by atoms with van der Waals surface area (Å²) in [6.45, 7) is -0.186. The third-order valence-electron chi connectivity index (χ3n) is 4.32. The second-order valence-corrected chi connectivity index (χ2v) is 7.34. The number of carbonyl (C=O) groups excluding carboxylic acids is 1. The van der Waals surface area contributed by atoms with Crippen LogP contribution in [-0.4, -0.2) is 22.6 Å². The van der Waals surface area contributed by atoms with E-state index in [4.69, 9.17) is 4.74 Å². The molecule has 2 heterocycles. The Morgan fingerprint density at radius 1 is 1.17 bits per heavy atom. The number of hydrogen-bond acceptors (Lipinski definition) is 5. The normalized spacial score (nSPS) is 10.8. The van der Waals surface area contributed by atoms with Crippen LogP contribution in [0.15, 0.2) is 65.7 Å². The van der Waals surface area contributed by atoms with Crippen molar-refractivity contribution in [2.45, 2.75) is 6.54 Å². The number of benzene rings is 2. The van der Waals surface area contributed by atoms with E-state index in [1.54, 1.807) is 7.11 Å². The maximum absolute atomic E-state index is 13.0. The van der Waals surface area contributed by atoms with E-state index in [0.717, 1.165) is 16.2 Å². The summed E-state index contributed by atoms with van der Waals surface area (Å²) in [7, 11) is 1.60. The first-order valence-corrected chi connectivity index (χ1v) is 9.54. The molecule has 0 bridgehead atoms. The molecule has 0 aliphatic heterocycles. The van der Waals surface area contributed by atoms with Gasteiger partial charge in [-0.15, -0.1) is 11.3 Å². The maximum atomic E-state index is 13.0. The van der Waals surface area contributed by atoms with Gasteiger partial charge in [0.1, 0.15) is 22.8 Å². The number of nitrogens with zero attached hydrogens (tertiary/aromatic N) is 2. The third kappa shape index (κ3) is 4.02. The van der Waals surface area contributed by atoms with E-state index in [2.05, 4.69) is 10.3 Å². The highest BCUT2D eigenvalue weighted by atomic mass is 32.1. The molecular formula is C21H16FN3O3S. The highest BCUT2D eigenvalue weighted by Crippen LogP contribution is 2.31. The molecule has 6 nitrogen and oxygen atoms in total. The quantitative estimate of drug-likeness (QED) is 0.542. The van der Waals surface area contributed by atoms with Gasteiger partial charge in [0.15, 0.2) is 0 Å². The van der Waals surface area contributed by atoms with Crippen molar-refractivity contribution >= 4 is 33.1 Å². The number of thiophene rings is 1. The molecule has 0 saturated heterocycles. The van der Waals surface area contributed by atoms with E-state index < -0.39 is 5.91 Å². The predicted octanol–water partition coefficient (Wildman–Crippen LogP) is 3.91. The summed E-state index contributed by atoms with van der Waals surface area (Å²) < 4.78 is 19.9. The summed E-state index contributed by atoms with van der Waals surface area (Å²) in [5, 5.41) is 2.63. The molecule has 0 radical (unpaired) electrons. The van der Waals surface area contributed by atoms with Crippen molar-refractivity contribution in [3.8, 4) is 16.2 Å². The van der Waals surface area contributed by atoms with Crippen LogP contribution >= 0.6 is 11.3 Å². The first-order chi connectivity index (χ1) is 14.0. The SMILES string of the molecule is COc1ccc(-c2cc3ncn(CC(=O)Nc4ccc(F)cc4)c(=O)c3s2)cc1. The number of ether oxygens (including phenoxy) is 1. The van der Waals surface area contributed by atoms with Gasteiger partial charge in [-0.2, -0.15) is 0 Å². The van der Waals surface area contributed by atoms with Crippen molar-refractivity contribution < 1.29 is 13.9 Å². The van der Waals surface area contributed by atoms with Crippen LogP contribution in [0, 0.1) is 5.82 Å². The van der Waals surface area contributed by atoms with E-state index in [0.29, 0.717) is 15.9 Å². The zero-order chi connectivity index (χ0) is 20.4. The molecule has 4 rings (SSSR count). The van der Waals surface area contributed by atoms with Crippen molar-refractivity contribution in [1.29, 1.82) is 0 Å². The van der Waals surface area contributed by atoms with Crippen molar-refractivity contribution in [3.05, 3.63) is 77.1 Å². The van der Waals surface area contributed by atoms with Crippen molar-refractivity contribution in [2.24, 2.45) is 0 Å². The topological polar surface area (TPSA) is 73.2 Å². The van der Waals surface area contributed by atoms with Gasteiger partial charge in [0.2, 0.25) is 5.91 Å². The zero-order valence-electron chi connectivity index (χ0n) is 15.4. The molecule has 0 unspecified atom stereocenters. The molecule has 0 spiro atoms. The van der Waals surface area contributed by atoms with E-state index in [-0.39, 0.29) is 17.9 Å². The Morgan fingerprint density at radius 2 is 1.90 bits per heavy atom. The number of carbonyl (C=O) groups is 1. The summed E-state index contributed by atoms with van der Waals surface area (Å²) >= 11 is 1.33. The van der Waals surface area contributed by atoms with Crippen LogP contribution < -0.4 is 15.6 Å². The fourth-order valence-electron chi connectivity index (χ4n) is 2.84. The fraction of sp³-hybridized carbons (Fsp3) is 0.0952. The lowest BCUT2D eigenvalue weighted by Gasteiger charge is -2.07. The van der Waals surface area contributed by atoms with Crippen molar-refractivity contribution in [3.63, 3.8) is 0 Å². The molecule has 0 aliphatic carbocycles. The molecule has 2 aromatic carbocycles. The fourth-order valence-corrected chi connectivity index (χ4v) is 3.91. The summed E-state index contributed by atoms with van der Waals surface area (Å²) in [4.78, 5) is 30.2. The smallest absolute Gasteiger partial charge is 0.271 e. The van der Waals surface area contributed by atoms with Gasteiger partial charge in [0, 0.05) is 10.6 Å². The maximum Gasteiger partial charge on any atom is 0.271 e. The summed E-state index contributed by atoms with van der Waals surface area (Å²) in [6.07, 6.45) is 1.36. The molecule has 8 heteroatoms. The van der Waals surface area contributed by atoms with Crippen molar-refractivity contribution in [1.82, 2.24) is 9.55 Å². The number of amides is 1. The molecule has 2 aromatic heterocycles. The van der Waals surface area contributed by atoms with E-state index in [9.17, 15) is 14.0 Å². The minimum absolute atomic E-state index is 0.186. The predicted molar refractivity (Wildman–Crippen MR) is 111 cm³/mol. The Bertz CT molecular complexity index is 1230. The van der Waals surface area contributed by atoms with Gasteiger partial charge in [0.25, 0.3) is 5.56 Å². The van der Waals surface area contributed by atoms with Gasteiger partial charge in [0.05, 0.1) is 19.0 Å². The number of halogens is 1. The standard InChI is InChI=1S/C21H16FN3O3S/c1-28-16-8-2-13(3-9-16)18-10-17-20(29-18)21(27)25(12-23-17)11-19(26)24-15-6-4-14(22)5-7-15/h2-10,12H,11H2,1H3,(H,24,26). The average molecular weight is 409 g/mol. The summed E-state index contributed by atoms with van der Waals surface area (Å²) in [5.74, 6) is -0.0338. The van der Waals surface area contributed by atoms with Crippen LogP contribution in [0.5, 0.6) is 5.75 Å². The van der Waals surface area contributed by atoms with Crippen LogP contribution in [0.2, 0.25) is 0 Å². The molecule has 0 fully saturated rings. The average Bonchev–Trinajstić information content (AvgIpc) is 3.17. The van der Waals surface area contributed by atoms with Gasteiger partial charge in [-0.1, -0.05) is 0 Å². The van der Waals surface area contributed by atoms with Gasteiger partial charge in [-0.25, -0.2) is 9.37 Å². The van der Waals surface area contributed by atoms with E-state index >= 15 is 0 Å². The Hall–Kier alpha value is -3.52. The van der Waals surface area contributed by atoms with Crippen LogP contribution in [0.25, 0.3) is 20.7 Å². The van der Waals surface area contributed by atoms with Crippen LogP contribution in [-0.2, 0) is 11.3 Å². The number of rotatable bonds is 5. The lowest BCUT2D eigenvalue weighted by atomic mass is 10.2. The van der Waals surface area contributed by atoms with E-state index in [1.807, 2.05) is 30.3 Å². The number of fused-ring (bicyclic) bond motifs is 1.